The van der Waals surface area contributed by atoms with Crippen LogP contribution in [0.15, 0.2) is 23.8 Å². The van der Waals surface area contributed by atoms with Gasteiger partial charge >= 0.3 is 5.97 Å². The summed E-state index contributed by atoms with van der Waals surface area (Å²) in [4.78, 5) is 11.0. The van der Waals surface area contributed by atoms with E-state index >= 15 is 0 Å². The van der Waals surface area contributed by atoms with Gasteiger partial charge in [0, 0.05) is 12.0 Å². The molecule has 0 aromatic carbocycles. The monoisotopic (exact) mass is 152 g/mol. The van der Waals surface area contributed by atoms with Gasteiger partial charge in [0.1, 0.15) is 6.10 Å². The average molecular weight is 152 g/mol. The minimum absolute atomic E-state index is 0.105. The van der Waals surface area contributed by atoms with E-state index in [-0.39, 0.29) is 12.1 Å². The Labute approximate surface area is 66.5 Å². The number of ether oxygens (including phenoxy) is 1. The standard InChI is InChI=1S/C9H12O2/c1-6(2)8-5-4-7(3)9(10)11-8/h4,8H,1,5H2,2-3H3/t8-/m0/s1. The summed E-state index contributed by atoms with van der Waals surface area (Å²) in [6.45, 7) is 7.36. The van der Waals surface area contributed by atoms with Crippen LogP contribution in [0.2, 0.25) is 0 Å². The molecule has 2 nitrogen and oxygen atoms in total. The molecular formula is C9H12O2. The van der Waals surface area contributed by atoms with Crippen LogP contribution in [0.4, 0.5) is 0 Å². The first-order valence-corrected chi connectivity index (χ1v) is 3.64. The largest absolute Gasteiger partial charge is 0.454 e. The fourth-order valence-electron chi connectivity index (χ4n) is 0.939. The van der Waals surface area contributed by atoms with E-state index in [1.54, 1.807) is 6.92 Å². The maximum absolute atomic E-state index is 11.0. The van der Waals surface area contributed by atoms with E-state index in [9.17, 15) is 4.79 Å². The lowest BCUT2D eigenvalue weighted by Crippen LogP contribution is -2.23. The van der Waals surface area contributed by atoms with Gasteiger partial charge < -0.3 is 4.74 Å². The Morgan fingerprint density at radius 3 is 2.91 bits per heavy atom. The molecule has 1 atom stereocenters. The van der Waals surface area contributed by atoms with Crippen LogP contribution in [0.25, 0.3) is 0 Å². The molecule has 0 aromatic heterocycles. The Balaban J connectivity index is 2.70. The highest BCUT2D eigenvalue weighted by Gasteiger charge is 2.19. The van der Waals surface area contributed by atoms with Crippen LogP contribution in [0.1, 0.15) is 20.3 Å². The van der Waals surface area contributed by atoms with E-state index in [0.29, 0.717) is 5.57 Å². The van der Waals surface area contributed by atoms with E-state index in [1.165, 1.54) is 0 Å². The summed E-state index contributed by atoms with van der Waals surface area (Å²) >= 11 is 0. The number of carbonyl (C=O) groups excluding carboxylic acids is 1. The Bertz CT molecular complexity index is 226. The summed E-state index contributed by atoms with van der Waals surface area (Å²) in [5.74, 6) is -0.218. The van der Waals surface area contributed by atoms with Gasteiger partial charge in [-0.1, -0.05) is 12.7 Å². The van der Waals surface area contributed by atoms with Crippen molar-refractivity contribution in [3.63, 3.8) is 0 Å². The second-order valence-electron chi connectivity index (χ2n) is 2.86. The van der Waals surface area contributed by atoms with E-state index in [1.807, 2.05) is 13.0 Å². The van der Waals surface area contributed by atoms with Gasteiger partial charge in [-0.2, -0.15) is 0 Å². The highest BCUT2D eigenvalue weighted by molar-refractivity contribution is 5.88. The lowest BCUT2D eigenvalue weighted by Gasteiger charge is -2.20. The molecule has 1 rings (SSSR count). The molecule has 0 bridgehead atoms. The summed E-state index contributed by atoms with van der Waals surface area (Å²) in [6.07, 6.45) is 2.56. The Hall–Kier alpha value is -1.05. The molecule has 0 radical (unpaired) electrons. The molecule has 0 N–H and O–H groups in total. The molecule has 0 unspecified atom stereocenters. The molecule has 0 saturated carbocycles. The summed E-state index contributed by atoms with van der Waals surface area (Å²) in [5, 5.41) is 0. The van der Waals surface area contributed by atoms with Crippen molar-refractivity contribution in [2.75, 3.05) is 0 Å². The molecule has 0 fully saturated rings. The first-order chi connectivity index (χ1) is 5.11. The molecule has 0 amide bonds. The van der Waals surface area contributed by atoms with Gasteiger partial charge in [0.2, 0.25) is 0 Å². The van der Waals surface area contributed by atoms with Crippen LogP contribution in [-0.4, -0.2) is 12.1 Å². The Kier molecular flexibility index (Phi) is 2.13. The second-order valence-corrected chi connectivity index (χ2v) is 2.86. The molecule has 2 heteroatoms. The Morgan fingerprint density at radius 2 is 2.45 bits per heavy atom. The molecule has 0 spiro atoms. The van der Waals surface area contributed by atoms with E-state index in [4.69, 9.17) is 4.74 Å². The molecule has 11 heavy (non-hydrogen) atoms. The number of hydrogen-bond acceptors (Lipinski definition) is 2. The fourth-order valence-corrected chi connectivity index (χ4v) is 0.939. The van der Waals surface area contributed by atoms with Crippen LogP contribution in [0.5, 0.6) is 0 Å². The van der Waals surface area contributed by atoms with Gasteiger partial charge in [0.15, 0.2) is 0 Å². The van der Waals surface area contributed by atoms with Gasteiger partial charge in [-0.05, 0) is 19.4 Å². The normalized spacial score (nSPS) is 24.0. The molecule has 0 aliphatic carbocycles. The average Bonchev–Trinajstić information content (AvgIpc) is 1.94. The van der Waals surface area contributed by atoms with Crippen LogP contribution < -0.4 is 0 Å². The predicted molar refractivity (Wildman–Crippen MR) is 43.1 cm³/mol. The number of cyclic esters (lactones) is 1. The maximum Gasteiger partial charge on any atom is 0.333 e. The topological polar surface area (TPSA) is 26.3 Å². The van der Waals surface area contributed by atoms with Gasteiger partial charge in [0.05, 0.1) is 0 Å². The first-order valence-electron chi connectivity index (χ1n) is 3.64. The van der Waals surface area contributed by atoms with Crippen molar-refractivity contribution in [3.8, 4) is 0 Å². The minimum Gasteiger partial charge on any atom is -0.454 e. The van der Waals surface area contributed by atoms with Crippen LogP contribution >= 0.6 is 0 Å². The van der Waals surface area contributed by atoms with Crippen molar-refractivity contribution >= 4 is 5.97 Å². The zero-order valence-electron chi connectivity index (χ0n) is 6.89. The molecule has 1 heterocycles. The molecule has 1 aliphatic heterocycles. The lowest BCUT2D eigenvalue weighted by molar-refractivity contribution is -0.143. The van der Waals surface area contributed by atoms with E-state index in [0.717, 1.165) is 12.0 Å². The molecular weight excluding hydrogens is 140 g/mol. The number of rotatable bonds is 1. The third-order valence-electron chi connectivity index (χ3n) is 1.76. The summed E-state index contributed by atoms with van der Waals surface area (Å²) in [5.41, 5.74) is 1.60. The maximum atomic E-state index is 11.0. The second kappa shape index (κ2) is 2.91. The zero-order valence-corrected chi connectivity index (χ0v) is 6.89. The van der Waals surface area contributed by atoms with Crippen LogP contribution in [-0.2, 0) is 9.53 Å². The number of hydrogen-bond donors (Lipinski definition) is 0. The molecule has 0 aromatic rings. The van der Waals surface area contributed by atoms with Gasteiger partial charge in [-0.3, -0.25) is 0 Å². The Morgan fingerprint density at radius 1 is 1.82 bits per heavy atom. The minimum atomic E-state index is -0.218. The van der Waals surface area contributed by atoms with Crippen molar-refractivity contribution in [1.29, 1.82) is 0 Å². The molecule has 0 saturated heterocycles. The fraction of sp³-hybridized carbons (Fsp3) is 0.444. The van der Waals surface area contributed by atoms with Crippen molar-refractivity contribution in [3.05, 3.63) is 23.8 Å². The number of carbonyl (C=O) groups is 1. The highest BCUT2D eigenvalue weighted by Crippen LogP contribution is 2.17. The summed E-state index contributed by atoms with van der Waals surface area (Å²) < 4.78 is 5.05. The van der Waals surface area contributed by atoms with E-state index in [2.05, 4.69) is 6.58 Å². The number of esters is 1. The highest BCUT2D eigenvalue weighted by atomic mass is 16.5. The lowest BCUT2D eigenvalue weighted by atomic mass is 10.1. The first kappa shape index (κ1) is 8.05. The SMILES string of the molecule is C=C(C)[C@@H]1CC=C(C)C(=O)O1. The van der Waals surface area contributed by atoms with E-state index < -0.39 is 0 Å². The van der Waals surface area contributed by atoms with Crippen molar-refractivity contribution in [1.82, 2.24) is 0 Å². The quantitative estimate of drug-likeness (QED) is 0.423. The smallest absolute Gasteiger partial charge is 0.333 e. The predicted octanol–water partition coefficient (Wildman–Crippen LogP) is 1.82. The summed E-state index contributed by atoms with van der Waals surface area (Å²) in [6, 6.07) is 0. The van der Waals surface area contributed by atoms with Gasteiger partial charge in [-0.15, -0.1) is 0 Å². The molecule has 1 aliphatic rings. The third kappa shape index (κ3) is 1.70. The molecule has 60 valence electrons. The van der Waals surface area contributed by atoms with Crippen molar-refractivity contribution in [2.24, 2.45) is 0 Å². The van der Waals surface area contributed by atoms with Crippen LogP contribution in [0.3, 0.4) is 0 Å². The van der Waals surface area contributed by atoms with Crippen molar-refractivity contribution in [2.45, 2.75) is 26.4 Å². The van der Waals surface area contributed by atoms with Gasteiger partial charge in [-0.25, -0.2) is 4.79 Å². The van der Waals surface area contributed by atoms with Gasteiger partial charge in [0.25, 0.3) is 0 Å². The summed E-state index contributed by atoms with van der Waals surface area (Å²) in [7, 11) is 0. The van der Waals surface area contributed by atoms with Crippen LogP contribution in [0, 0.1) is 0 Å². The zero-order chi connectivity index (χ0) is 8.43. The third-order valence-corrected chi connectivity index (χ3v) is 1.76. The van der Waals surface area contributed by atoms with Crippen molar-refractivity contribution < 1.29 is 9.53 Å².